The normalized spacial score (nSPS) is 10.3. The van der Waals surface area contributed by atoms with Gasteiger partial charge < -0.3 is 11.1 Å². The van der Waals surface area contributed by atoms with Crippen LogP contribution in [0.4, 0.5) is 17.2 Å². The van der Waals surface area contributed by atoms with Gasteiger partial charge in [0.2, 0.25) is 0 Å². The van der Waals surface area contributed by atoms with Gasteiger partial charge in [0.05, 0.1) is 10.5 Å². The first kappa shape index (κ1) is 17.0. The van der Waals surface area contributed by atoms with E-state index >= 15 is 0 Å². The number of hydrogen-bond donors (Lipinski definition) is 2. The maximum atomic E-state index is 11.5. The van der Waals surface area contributed by atoms with Crippen LogP contribution in [0.25, 0.3) is 0 Å². The predicted octanol–water partition coefficient (Wildman–Crippen LogP) is 3.35. The van der Waals surface area contributed by atoms with Crippen molar-refractivity contribution < 1.29 is 9.72 Å². The van der Waals surface area contributed by atoms with Gasteiger partial charge >= 0.3 is 0 Å². The molecule has 0 saturated heterocycles. The van der Waals surface area contributed by atoms with Gasteiger partial charge in [-0.15, -0.1) is 0 Å². The van der Waals surface area contributed by atoms with Gasteiger partial charge in [0, 0.05) is 22.5 Å². The quantitative estimate of drug-likeness (QED) is 0.609. The number of nitrogens with two attached hydrogens (primary N) is 1. The maximum absolute atomic E-state index is 11.5. The van der Waals surface area contributed by atoms with Crippen molar-refractivity contribution in [3.05, 3.63) is 56.7 Å². The van der Waals surface area contributed by atoms with Gasteiger partial charge in [-0.2, -0.15) is 11.8 Å². The number of halogens is 1. The van der Waals surface area contributed by atoms with Crippen LogP contribution in [0, 0.1) is 10.1 Å². The van der Waals surface area contributed by atoms with E-state index in [1.165, 1.54) is 0 Å². The lowest BCUT2D eigenvalue weighted by Crippen LogP contribution is -2.14. The molecule has 0 saturated carbocycles. The number of pyridine rings is 1. The van der Waals surface area contributed by atoms with Gasteiger partial charge in [-0.05, 0) is 30.0 Å². The summed E-state index contributed by atoms with van der Waals surface area (Å²) < 4.78 is 0. The number of benzene rings is 1. The molecule has 9 heteroatoms. The second-order valence-corrected chi connectivity index (χ2v) is 5.85. The monoisotopic (exact) mass is 352 g/mol. The molecule has 1 amide bonds. The number of nitrogens with one attached hydrogen (secondary N) is 1. The van der Waals surface area contributed by atoms with Crippen molar-refractivity contribution in [1.29, 1.82) is 0 Å². The van der Waals surface area contributed by atoms with E-state index in [4.69, 9.17) is 17.3 Å². The Kier molecular flexibility index (Phi) is 5.41. The molecule has 23 heavy (non-hydrogen) atoms. The molecule has 0 radical (unpaired) electrons. The second kappa shape index (κ2) is 7.30. The van der Waals surface area contributed by atoms with Crippen LogP contribution in [0.2, 0.25) is 5.02 Å². The van der Waals surface area contributed by atoms with Crippen LogP contribution < -0.4 is 11.1 Å². The lowest BCUT2D eigenvalue weighted by Gasteiger charge is -2.11. The van der Waals surface area contributed by atoms with Gasteiger partial charge in [-0.25, -0.2) is 4.98 Å². The van der Waals surface area contributed by atoms with Gasteiger partial charge in [0.15, 0.2) is 0 Å². The Morgan fingerprint density at radius 1 is 1.48 bits per heavy atom. The van der Waals surface area contributed by atoms with E-state index in [-0.39, 0.29) is 17.1 Å². The number of aromatic nitrogens is 1. The summed E-state index contributed by atoms with van der Waals surface area (Å²) in [7, 11) is 0. The maximum Gasteiger partial charge on any atom is 0.288 e. The largest absolute Gasteiger partial charge is 0.365 e. The highest BCUT2D eigenvalue weighted by Crippen LogP contribution is 2.27. The molecule has 7 nitrogen and oxygen atoms in total. The van der Waals surface area contributed by atoms with Crippen LogP contribution in [0.3, 0.4) is 0 Å². The molecule has 0 aliphatic rings. The highest BCUT2D eigenvalue weighted by molar-refractivity contribution is 7.97. The Balaban J connectivity index is 2.38. The number of primary amides is 1. The summed E-state index contributed by atoms with van der Waals surface area (Å²) in [5, 5.41) is 14.4. The lowest BCUT2D eigenvalue weighted by atomic mass is 10.2. The van der Waals surface area contributed by atoms with Crippen LogP contribution in [-0.4, -0.2) is 22.1 Å². The molecule has 120 valence electrons. The van der Waals surface area contributed by atoms with Gasteiger partial charge in [-0.1, -0.05) is 11.6 Å². The van der Waals surface area contributed by atoms with Crippen LogP contribution in [0.1, 0.15) is 15.9 Å². The highest BCUT2D eigenvalue weighted by Gasteiger charge is 2.16. The summed E-state index contributed by atoms with van der Waals surface area (Å²) in [6, 6.07) is 6.37. The van der Waals surface area contributed by atoms with E-state index in [1.807, 2.05) is 12.3 Å². The van der Waals surface area contributed by atoms with Crippen molar-refractivity contribution in [1.82, 2.24) is 4.98 Å². The summed E-state index contributed by atoms with van der Waals surface area (Å²) in [6.07, 6.45) is 3.02. The van der Waals surface area contributed by atoms with Gasteiger partial charge in [-0.3, -0.25) is 14.9 Å². The number of carbonyl (C=O) groups is 1. The summed E-state index contributed by atoms with van der Waals surface area (Å²) >= 11 is 7.73. The van der Waals surface area contributed by atoms with Crippen LogP contribution >= 0.6 is 23.4 Å². The van der Waals surface area contributed by atoms with E-state index in [0.29, 0.717) is 10.7 Å². The molecule has 0 bridgehead atoms. The summed E-state index contributed by atoms with van der Waals surface area (Å²) in [6.45, 7) is 0. The van der Waals surface area contributed by atoms with Gasteiger partial charge in [0.1, 0.15) is 12.0 Å². The zero-order valence-corrected chi connectivity index (χ0v) is 13.6. The average molecular weight is 353 g/mol. The Morgan fingerprint density at radius 3 is 2.83 bits per heavy atom. The Hall–Kier alpha value is -2.32. The third-order valence-electron chi connectivity index (χ3n) is 2.96. The molecule has 0 aliphatic carbocycles. The molecule has 0 fully saturated rings. The third-order valence-corrected chi connectivity index (χ3v) is 3.93. The van der Waals surface area contributed by atoms with Gasteiger partial charge in [0.25, 0.3) is 11.6 Å². The van der Waals surface area contributed by atoms with Crippen molar-refractivity contribution in [2.24, 2.45) is 5.73 Å². The molecular formula is C14H13ClN4O3S. The molecular weight excluding hydrogens is 340 g/mol. The minimum absolute atomic E-state index is 0.0550. The van der Waals surface area contributed by atoms with Crippen LogP contribution in [0.5, 0.6) is 0 Å². The number of rotatable bonds is 6. The standard InChI is InChI=1S/C14H13ClN4O3S/c1-23-7-8-4-9(2-3-12(8)15)18-14-11(13(16)20)5-10(6-17-14)19(21)22/h2-6H,7H2,1H3,(H2,16,20)(H,17,18). The molecule has 0 aliphatic heterocycles. The van der Waals surface area contributed by atoms with Crippen LogP contribution in [-0.2, 0) is 5.75 Å². The number of carbonyl (C=O) groups excluding carboxylic acids is 1. The fraction of sp³-hybridized carbons (Fsp3) is 0.143. The smallest absolute Gasteiger partial charge is 0.288 e. The van der Waals surface area contributed by atoms with E-state index in [9.17, 15) is 14.9 Å². The summed E-state index contributed by atoms with van der Waals surface area (Å²) in [4.78, 5) is 25.6. The zero-order chi connectivity index (χ0) is 17.0. The molecule has 2 aromatic rings. The SMILES string of the molecule is CSCc1cc(Nc2ncc([N+](=O)[O-])cc2C(N)=O)ccc1Cl. The molecule has 3 N–H and O–H groups in total. The number of nitro groups is 1. The minimum atomic E-state index is -0.804. The van der Waals surface area contributed by atoms with E-state index in [0.717, 1.165) is 23.6 Å². The second-order valence-electron chi connectivity index (χ2n) is 4.58. The Labute approximate surface area is 141 Å². The minimum Gasteiger partial charge on any atom is -0.365 e. The number of amides is 1. The zero-order valence-electron chi connectivity index (χ0n) is 12.1. The summed E-state index contributed by atoms with van der Waals surface area (Å²) in [5.74, 6) is 0.0765. The van der Waals surface area contributed by atoms with Crippen LogP contribution in [0.15, 0.2) is 30.5 Å². The third kappa shape index (κ3) is 4.11. The number of anilines is 2. The Bertz CT molecular complexity index is 770. The molecule has 1 aromatic heterocycles. The molecule has 0 unspecified atom stereocenters. The van der Waals surface area contributed by atoms with Crippen molar-refractivity contribution in [2.75, 3.05) is 11.6 Å². The molecule has 2 rings (SSSR count). The average Bonchev–Trinajstić information content (AvgIpc) is 2.50. The Morgan fingerprint density at radius 2 is 2.22 bits per heavy atom. The van der Waals surface area contributed by atoms with E-state index in [1.54, 1.807) is 23.9 Å². The molecule has 0 spiro atoms. The summed E-state index contributed by atoms with van der Waals surface area (Å²) in [5.41, 5.74) is 6.49. The number of nitrogens with zero attached hydrogens (tertiary/aromatic N) is 2. The van der Waals surface area contributed by atoms with Crippen molar-refractivity contribution in [2.45, 2.75) is 5.75 Å². The molecule has 0 atom stereocenters. The number of hydrogen-bond acceptors (Lipinski definition) is 6. The van der Waals surface area contributed by atoms with Crippen molar-refractivity contribution >= 4 is 46.5 Å². The first-order valence-corrected chi connectivity index (χ1v) is 8.18. The topological polar surface area (TPSA) is 111 Å². The van der Waals surface area contributed by atoms with Crippen molar-refractivity contribution in [3.8, 4) is 0 Å². The van der Waals surface area contributed by atoms with Crippen molar-refractivity contribution in [3.63, 3.8) is 0 Å². The molecule has 1 heterocycles. The first-order valence-electron chi connectivity index (χ1n) is 6.41. The molecule has 1 aromatic carbocycles. The highest BCUT2D eigenvalue weighted by atomic mass is 35.5. The fourth-order valence-corrected chi connectivity index (χ4v) is 2.71. The lowest BCUT2D eigenvalue weighted by molar-refractivity contribution is -0.385. The predicted molar refractivity (Wildman–Crippen MR) is 91.4 cm³/mol. The fourth-order valence-electron chi connectivity index (χ4n) is 1.90. The van der Waals surface area contributed by atoms with E-state index in [2.05, 4.69) is 10.3 Å². The first-order chi connectivity index (χ1) is 10.9. The van der Waals surface area contributed by atoms with E-state index < -0.39 is 10.8 Å². The number of thioether (sulfide) groups is 1.